The number of fused-ring (bicyclic) bond motifs is 1. The van der Waals surface area contributed by atoms with Crippen LogP contribution < -0.4 is 15.7 Å². The van der Waals surface area contributed by atoms with Crippen molar-refractivity contribution in [2.24, 2.45) is 0 Å². The molecule has 0 bridgehead atoms. The molecule has 0 radical (unpaired) electrons. The van der Waals surface area contributed by atoms with E-state index in [-0.39, 0.29) is 54.5 Å². The number of pyridine rings is 1. The van der Waals surface area contributed by atoms with Gasteiger partial charge in [0.2, 0.25) is 5.43 Å². The summed E-state index contributed by atoms with van der Waals surface area (Å²) < 4.78 is 35.9. The molecule has 4 aromatic rings. The van der Waals surface area contributed by atoms with Crippen molar-refractivity contribution in [3.8, 4) is 5.75 Å². The van der Waals surface area contributed by atoms with Crippen molar-refractivity contribution in [1.82, 2.24) is 8.97 Å². The van der Waals surface area contributed by atoms with Crippen LogP contribution in [0.25, 0.3) is 5.52 Å². The van der Waals surface area contributed by atoms with Crippen LogP contribution in [0, 0.1) is 11.6 Å². The van der Waals surface area contributed by atoms with Gasteiger partial charge in [-0.15, -0.1) is 0 Å². The molecule has 9 heteroatoms. The highest BCUT2D eigenvalue weighted by molar-refractivity contribution is 5.96. The van der Waals surface area contributed by atoms with E-state index < -0.39 is 28.4 Å². The SMILES string of the molecule is C[C@H](CCO)n1ccn2cc(C(=O)CCc3ccc(F)cc3F)c(=O)c(OCc3ccccc3)c2c1=O. The Bertz CT molecular complexity index is 1550. The molecule has 4 rings (SSSR count). The van der Waals surface area contributed by atoms with Crippen LogP contribution in [0.1, 0.15) is 47.3 Å². The Balaban J connectivity index is 1.76. The van der Waals surface area contributed by atoms with Crippen LogP contribution in [0.15, 0.2) is 76.7 Å². The van der Waals surface area contributed by atoms with Crippen molar-refractivity contribution in [3.05, 3.63) is 116 Å². The van der Waals surface area contributed by atoms with Gasteiger partial charge in [0, 0.05) is 43.7 Å². The van der Waals surface area contributed by atoms with Gasteiger partial charge < -0.3 is 18.8 Å². The average Bonchev–Trinajstić information content (AvgIpc) is 2.88. The van der Waals surface area contributed by atoms with E-state index in [1.807, 2.05) is 18.2 Å². The fourth-order valence-electron chi connectivity index (χ4n) is 4.11. The van der Waals surface area contributed by atoms with Gasteiger partial charge in [0.05, 0.1) is 5.56 Å². The Morgan fingerprint density at radius 2 is 1.84 bits per heavy atom. The third kappa shape index (κ3) is 5.67. The van der Waals surface area contributed by atoms with Gasteiger partial charge in [0.1, 0.15) is 18.2 Å². The van der Waals surface area contributed by atoms with E-state index in [2.05, 4.69) is 0 Å². The molecule has 1 N–H and O–H groups in total. The number of halogens is 2. The van der Waals surface area contributed by atoms with Gasteiger partial charge in [-0.05, 0) is 37.0 Å². The third-order valence-electron chi connectivity index (χ3n) is 6.20. The molecular formula is C28H26F2N2O5. The van der Waals surface area contributed by atoms with Crippen LogP contribution in [0.2, 0.25) is 0 Å². The number of aliphatic hydroxyl groups is 1. The zero-order valence-electron chi connectivity index (χ0n) is 20.2. The summed E-state index contributed by atoms with van der Waals surface area (Å²) in [7, 11) is 0. The Hall–Kier alpha value is -4.11. The highest BCUT2D eigenvalue weighted by Crippen LogP contribution is 2.19. The van der Waals surface area contributed by atoms with Crippen LogP contribution in [0.3, 0.4) is 0 Å². The Morgan fingerprint density at radius 3 is 2.54 bits per heavy atom. The van der Waals surface area contributed by atoms with Gasteiger partial charge in [0.25, 0.3) is 5.56 Å². The van der Waals surface area contributed by atoms with Crippen molar-refractivity contribution in [1.29, 1.82) is 0 Å². The van der Waals surface area contributed by atoms with Crippen molar-refractivity contribution in [2.75, 3.05) is 6.61 Å². The minimum absolute atomic E-state index is 0.00922. The van der Waals surface area contributed by atoms with Gasteiger partial charge >= 0.3 is 0 Å². The van der Waals surface area contributed by atoms with Crippen LogP contribution in [0.5, 0.6) is 5.75 Å². The highest BCUT2D eigenvalue weighted by Gasteiger charge is 2.22. The summed E-state index contributed by atoms with van der Waals surface area (Å²) in [4.78, 5) is 39.9. The second-order valence-corrected chi connectivity index (χ2v) is 8.76. The summed E-state index contributed by atoms with van der Waals surface area (Å²) in [6.45, 7) is 1.64. The fourth-order valence-corrected chi connectivity index (χ4v) is 4.11. The van der Waals surface area contributed by atoms with Gasteiger partial charge in [-0.2, -0.15) is 0 Å². The number of ketones is 1. The molecule has 7 nitrogen and oxygen atoms in total. The molecule has 0 aliphatic rings. The van der Waals surface area contributed by atoms with Crippen molar-refractivity contribution in [3.63, 3.8) is 0 Å². The molecule has 2 heterocycles. The standard InChI is InChI=1S/C28H26F2N2O5/c1-18(11-14-33)32-13-12-31-16-22(24(34)10-8-20-7-9-21(29)15-23(20)30)26(35)27(25(31)28(32)36)37-17-19-5-3-2-4-6-19/h2-7,9,12-13,15-16,18,33H,8,10-11,14,17H2,1H3/t18-/m1/s1. The predicted molar refractivity (Wildman–Crippen MR) is 134 cm³/mol. The summed E-state index contributed by atoms with van der Waals surface area (Å²) in [6, 6.07) is 11.8. The van der Waals surface area contributed by atoms with Gasteiger partial charge in [-0.3, -0.25) is 14.4 Å². The smallest absolute Gasteiger partial charge is 0.279 e. The summed E-state index contributed by atoms with van der Waals surface area (Å²) in [5, 5.41) is 9.30. The van der Waals surface area contributed by atoms with Crippen molar-refractivity contribution >= 4 is 11.3 Å². The summed E-state index contributed by atoms with van der Waals surface area (Å²) >= 11 is 0. The number of ether oxygens (including phenoxy) is 1. The maximum absolute atomic E-state index is 14.0. The van der Waals surface area contributed by atoms with Crippen LogP contribution in [0.4, 0.5) is 8.78 Å². The number of benzene rings is 2. The first-order valence-corrected chi connectivity index (χ1v) is 11.8. The summed E-state index contributed by atoms with van der Waals surface area (Å²) in [6.07, 6.45) is 4.43. The molecule has 0 spiro atoms. The van der Waals surface area contributed by atoms with Gasteiger partial charge in [-0.25, -0.2) is 8.78 Å². The molecule has 0 amide bonds. The van der Waals surface area contributed by atoms with E-state index in [1.165, 1.54) is 33.6 Å². The maximum Gasteiger partial charge on any atom is 0.279 e. The average molecular weight is 509 g/mol. The van der Waals surface area contributed by atoms with Crippen molar-refractivity contribution < 1.29 is 23.4 Å². The number of aromatic nitrogens is 2. The van der Waals surface area contributed by atoms with Crippen LogP contribution >= 0.6 is 0 Å². The molecule has 2 aromatic carbocycles. The lowest BCUT2D eigenvalue weighted by molar-refractivity contribution is 0.0980. The minimum Gasteiger partial charge on any atom is -0.483 e. The number of hydrogen-bond donors (Lipinski definition) is 1. The molecule has 1 atom stereocenters. The first kappa shape index (κ1) is 26.0. The van der Waals surface area contributed by atoms with Crippen LogP contribution in [-0.2, 0) is 13.0 Å². The number of rotatable bonds is 10. The number of carbonyl (C=O) groups excluding carboxylic acids is 1. The molecule has 0 fully saturated rings. The topological polar surface area (TPSA) is 90.0 Å². The van der Waals surface area contributed by atoms with E-state index >= 15 is 0 Å². The summed E-state index contributed by atoms with van der Waals surface area (Å²) in [5.74, 6) is -2.32. The number of nitrogens with zero attached hydrogens (tertiary/aromatic N) is 2. The Kier molecular flexibility index (Phi) is 7.93. The molecule has 192 valence electrons. The highest BCUT2D eigenvalue weighted by atomic mass is 19.1. The maximum atomic E-state index is 14.0. The fraction of sp³-hybridized carbons (Fsp3) is 0.250. The summed E-state index contributed by atoms with van der Waals surface area (Å²) in [5.41, 5.74) is -0.579. The quantitative estimate of drug-likeness (QED) is 0.326. The number of aryl methyl sites for hydroxylation is 1. The second-order valence-electron chi connectivity index (χ2n) is 8.76. The first-order valence-electron chi connectivity index (χ1n) is 11.8. The van der Waals surface area contributed by atoms with E-state index in [9.17, 15) is 28.3 Å². The van der Waals surface area contributed by atoms with E-state index in [0.717, 1.165) is 17.7 Å². The monoisotopic (exact) mass is 508 g/mol. The second kappa shape index (κ2) is 11.3. The largest absolute Gasteiger partial charge is 0.483 e. The van der Waals surface area contributed by atoms with Gasteiger partial charge in [-0.1, -0.05) is 36.4 Å². The normalized spacial score (nSPS) is 12.0. The predicted octanol–water partition coefficient (Wildman–Crippen LogP) is 4.08. The molecule has 0 aliphatic carbocycles. The zero-order valence-corrected chi connectivity index (χ0v) is 20.2. The first-order chi connectivity index (χ1) is 17.8. The van der Waals surface area contributed by atoms with E-state index in [0.29, 0.717) is 6.42 Å². The van der Waals surface area contributed by atoms with Crippen molar-refractivity contribution in [2.45, 2.75) is 38.8 Å². The lowest BCUT2D eigenvalue weighted by Gasteiger charge is -2.17. The zero-order chi connectivity index (χ0) is 26.5. The Labute approximate surface area is 211 Å². The molecule has 2 aromatic heterocycles. The lowest BCUT2D eigenvalue weighted by Crippen LogP contribution is -2.29. The molecule has 37 heavy (non-hydrogen) atoms. The van der Waals surface area contributed by atoms with E-state index in [1.54, 1.807) is 19.1 Å². The minimum atomic E-state index is -0.771. The number of Topliss-reactive ketones (excluding diaryl/α,β-unsaturated/α-hetero) is 1. The van der Waals surface area contributed by atoms with E-state index in [4.69, 9.17) is 4.74 Å². The molecule has 0 unspecified atom stereocenters. The Morgan fingerprint density at radius 1 is 1.08 bits per heavy atom. The molecule has 0 saturated carbocycles. The molecule has 0 aliphatic heterocycles. The van der Waals surface area contributed by atoms with Gasteiger partial charge in [0.15, 0.2) is 17.0 Å². The molecule has 0 saturated heterocycles. The third-order valence-corrected chi connectivity index (χ3v) is 6.20. The lowest BCUT2D eigenvalue weighted by atomic mass is 10.0. The number of hydrogen-bond acceptors (Lipinski definition) is 5. The number of carbonyl (C=O) groups is 1. The molecular weight excluding hydrogens is 482 g/mol. The number of aliphatic hydroxyl groups excluding tert-OH is 1. The van der Waals surface area contributed by atoms with Crippen LogP contribution in [-0.4, -0.2) is 26.5 Å².